The molecule has 2 N–H and O–H groups in total. The van der Waals surface area contributed by atoms with Crippen molar-refractivity contribution in [3.8, 4) is 0 Å². The van der Waals surface area contributed by atoms with Crippen LogP contribution in [0.1, 0.15) is 44.0 Å². The summed E-state index contributed by atoms with van der Waals surface area (Å²) in [6, 6.07) is 10.6. The van der Waals surface area contributed by atoms with Crippen LogP contribution >= 0.6 is 0 Å². The Morgan fingerprint density at radius 2 is 2.00 bits per heavy atom. The highest BCUT2D eigenvalue weighted by Gasteiger charge is 2.17. The van der Waals surface area contributed by atoms with Crippen LogP contribution < -0.4 is 5.32 Å². The maximum absolute atomic E-state index is 5.84. The van der Waals surface area contributed by atoms with Crippen molar-refractivity contribution >= 4 is 0 Å². The van der Waals surface area contributed by atoms with Crippen LogP contribution in [0.5, 0.6) is 0 Å². The first-order valence-electron chi connectivity index (χ1n) is 7.14. The molecule has 0 aliphatic heterocycles. The maximum Gasteiger partial charge on any atom is 0.140 e. The Balaban J connectivity index is 2.14. The van der Waals surface area contributed by atoms with E-state index in [4.69, 9.17) is 4.74 Å². The molecule has 1 atom stereocenters. The molecule has 0 saturated heterocycles. The zero-order valence-electron chi connectivity index (χ0n) is 12.4. The topological polar surface area (TPSA) is 49.9 Å². The molecule has 2 aromatic rings. The van der Waals surface area contributed by atoms with Crippen LogP contribution in [-0.2, 0) is 11.3 Å². The molecule has 0 fully saturated rings. The molecule has 0 saturated carbocycles. The Morgan fingerprint density at radius 1 is 1.25 bits per heavy atom. The van der Waals surface area contributed by atoms with E-state index in [-0.39, 0.29) is 6.10 Å². The van der Waals surface area contributed by atoms with Crippen LogP contribution in [0.2, 0.25) is 0 Å². The Morgan fingerprint density at radius 3 is 2.65 bits per heavy atom. The summed E-state index contributed by atoms with van der Waals surface area (Å²) in [5, 5.41) is 3.37. The quantitative estimate of drug-likeness (QED) is 0.815. The summed E-state index contributed by atoms with van der Waals surface area (Å²) in [7, 11) is 0. The van der Waals surface area contributed by atoms with Gasteiger partial charge in [0.05, 0.1) is 0 Å². The third kappa shape index (κ3) is 3.92. The first kappa shape index (κ1) is 14.8. The molecule has 1 unspecified atom stereocenters. The molecule has 0 spiro atoms. The van der Waals surface area contributed by atoms with Crippen molar-refractivity contribution in [2.24, 2.45) is 0 Å². The molecule has 4 nitrogen and oxygen atoms in total. The number of nitrogens with zero attached hydrogens (tertiary/aromatic N) is 1. The predicted molar refractivity (Wildman–Crippen MR) is 80.5 cm³/mol. The maximum atomic E-state index is 5.84. The Labute approximate surface area is 120 Å². The summed E-state index contributed by atoms with van der Waals surface area (Å²) in [4.78, 5) is 7.82. The second-order valence-corrected chi connectivity index (χ2v) is 5.08. The second-order valence-electron chi connectivity index (χ2n) is 5.08. The largest absolute Gasteiger partial charge is 0.366 e. The van der Waals surface area contributed by atoms with Crippen molar-refractivity contribution in [2.45, 2.75) is 39.5 Å². The average molecular weight is 273 g/mol. The number of H-pyrrole nitrogens is 1. The van der Waals surface area contributed by atoms with Gasteiger partial charge in [0.2, 0.25) is 0 Å². The molecular weight excluding hydrogens is 250 g/mol. The van der Waals surface area contributed by atoms with Gasteiger partial charge in [0.25, 0.3) is 0 Å². The van der Waals surface area contributed by atoms with Crippen LogP contribution in [0, 0.1) is 0 Å². The van der Waals surface area contributed by atoms with E-state index in [0.717, 1.165) is 23.6 Å². The van der Waals surface area contributed by atoms with Crippen molar-refractivity contribution < 1.29 is 4.74 Å². The fourth-order valence-corrected chi connectivity index (χ4v) is 2.04. The fraction of sp³-hybridized carbons (Fsp3) is 0.438. The van der Waals surface area contributed by atoms with Gasteiger partial charge >= 0.3 is 0 Å². The van der Waals surface area contributed by atoms with E-state index in [0.29, 0.717) is 12.6 Å². The lowest BCUT2D eigenvalue weighted by Crippen LogP contribution is -2.22. The van der Waals surface area contributed by atoms with Gasteiger partial charge in [0.1, 0.15) is 11.9 Å². The van der Waals surface area contributed by atoms with E-state index < -0.39 is 0 Å². The highest BCUT2D eigenvalue weighted by Crippen LogP contribution is 2.23. The number of nitrogens with one attached hydrogen (secondary N) is 2. The number of aromatic amines is 1. The standard InChI is InChI=1S/C16H23N3O/c1-4-20-15(13-8-6-5-7-9-13)16-18-11-14(19-16)10-17-12(2)3/h5-9,11-12,15,17H,4,10H2,1-3H3,(H,18,19). The van der Waals surface area contributed by atoms with Crippen LogP contribution in [-0.4, -0.2) is 22.6 Å². The number of benzene rings is 1. The number of aromatic nitrogens is 2. The third-order valence-electron chi connectivity index (χ3n) is 3.03. The second kappa shape index (κ2) is 7.22. The van der Waals surface area contributed by atoms with Gasteiger partial charge < -0.3 is 15.0 Å². The normalized spacial score (nSPS) is 12.8. The minimum Gasteiger partial charge on any atom is -0.366 e. The summed E-state index contributed by atoms with van der Waals surface area (Å²) < 4.78 is 5.84. The predicted octanol–water partition coefficient (Wildman–Crippen LogP) is 3.03. The van der Waals surface area contributed by atoms with Gasteiger partial charge in [-0.3, -0.25) is 0 Å². The zero-order chi connectivity index (χ0) is 14.4. The van der Waals surface area contributed by atoms with E-state index >= 15 is 0 Å². The van der Waals surface area contributed by atoms with Crippen LogP contribution in [0.25, 0.3) is 0 Å². The lowest BCUT2D eigenvalue weighted by Gasteiger charge is -2.15. The van der Waals surface area contributed by atoms with Gasteiger partial charge in [-0.2, -0.15) is 0 Å². The Bertz CT molecular complexity index is 507. The summed E-state index contributed by atoms with van der Waals surface area (Å²) in [6.45, 7) is 7.70. The van der Waals surface area contributed by atoms with Gasteiger partial charge in [-0.1, -0.05) is 44.2 Å². The lowest BCUT2D eigenvalue weighted by atomic mass is 10.1. The van der Waals surface area contributed by atoms with E-state index in [2.05, 4.69) is 41.3 Å². The first-order chi connectivity index (χ1) is 9.70. The summed E-state index contributed by atoms with van der Waals surface area (Å²) in [5.41, 5.74) is 2.20. The van der Waals surface area contributed by atoms with E-state index in [1.807, 2.05) is 31.3 Å². The monoisotopic (exact) mass is 273 g/mol. The molecule has 1 heterocycles. The van der Waals surface area contributed by atoms with Gasteiger partial charge in [-0.15, -0.1) is 0 Å². The number of hydrogen-bond donors (Lipinski definition) is 2. The smallest absolute Gasteiger partial charge is 0.140 e. The molecule has 108 valence electrons. The van der Waals surface area contributed by atoms with Crippen molar-refractivity contribution in [3.05, 3.63) is 53.6 Å². The van der Waals surface area contributed by atoms with Gasteiger partial charge in [-0.05, 0) is 12.5 Å². The summed E-state index contributed by atoms with van der Waals surface area (Å²) >= 11 is 0. The molecule has 0 bridgehead atoms. The third-order valence-corrected chi connectivity index (χ3v) is 3.03. The number of imidazole rings is 1. The van der Waals surface area contributed by atoms with Gasteiger partial charge in [0.15, 0.2) is 0 Å². The molecule has 2 rings (SSSR count). The first-order valence-corrected chi connectivity index (χ1v) is 7.14. The minimum atomic E-state index is -0.131. The number of rotatable bonds is 7. The molecule has 20 heavy (non-hydrogen) atoms. The molecular formula is C16H23N3O. The van der Waals surface area contributed by atoms with Crippen molar-refractivity contribution in [1.82, 2.24) is 15.3 Å². The van der Waals surface area contributed by atoms with Gasteiger partial charge in [0, 0.05) is 31.1 Å². The van der Waals surface area contributed by atoms with E-state index in [9.17, 15) is 0 Å². The van der Waals surface area contributed by atoms with Crippen molar-refractivity contribution in [2.75, 3.05) is 6.61 Å². The highest BCUT2D eigenvalue weighted by atomic mass is 16.5. The lowest BCUT2D eigenvalue weighted by molar-refractivity contribution is 0.0856. The van der Waals surface area contributed by atoms with E-state index in [1.165, 1.54) is 0 Å². The highest BCUT2D eigenvalue weighted by molar-refractivity contribution is 5.23. The number of ether oxygens (including phenoxy) is 1. The van der Waals surface area contributed by atoms with Crippen LogP contribution in [0.4, 0.5) is 0 Å². The summed E-state index contributed by atoms with van der Waals surface area (Å²) in [5.74, 6) is 0.860. The van der Waals surface area contributed by atoms with Gasteiger partial charge in [-0.25, -0.2) is 4.98 Å². The molecule has 1 aromatic carbocycles. The average Bonchev–Trinajstić information content (AvgIpc) is 2.92. The molecule has 0 amide bonds. The Kier molecular flexibility index (Phi) is 5.32. The molecule has 0 aliphatic rings. The van der Waals surface area contributed by atoms with Crippen molar-refractivity contribution in [1.29, 1.82) is 0 Å². The van der Waals surface area contributed by atoms with Crippen LogP contribution in [0.15, 0.2) is 36.5 Å². The Hall–Kier alpha value is -1.65. The summed E-state index contributed by atoms with van der Waals surface area (Å²) in [6.07, 6.45) is 1.74. The van der Waals surface area contributed by atoms with Crippen LogP contribution in [0.3, 0.4) is 0 Å². The molecule has 0 radical (unpaired) electrons. The SMILES string of the molecule is CCOC(c1ccccc1)c1ncc(CNC(C)C)[nH]1. The number of hydrogen-bond acceptors (Lipinski definition) is 3. The minimum absolute atomic E-state index is 0.131. The van der Waals surface area contributed by atoms with E-state index in [1.54, 1.807) is 0 Å². The zero-order valence-corrected chi connectivity index (χ0v) is 12.4. The molecule has 1 aromatic heterocycles. The van der Waals surface area contributed by atoms with Crippen molar-refractivity contribution in [3.63, 3.8) is 0 Å². The molecule has 0 aliphatic carbocycles. The molecule has 4 heteroatoms. The fourth-order valence-electron chi connectivity index (χ4n) is 2.04.